The van der Waals surface area contributed by atoms with Gasteiger partial charge in [0.05, 0.1) is 16.0 Å². The van der Waals surface area contributed by atoms with E-state index in [1.165, 1.54) is 11.9 Å². The van der Waals surface area contributed by atoms with Crippen LogP contribution in [0.3, 0.4) is 0 Å². The predicted molar refractivity (Wildman–Crippen MR) is 71.5 cm³/mol. The van der Waals surface area contributed by atoms with Gasteiger partial charge in [-0.3, -0.25) is 0 Å². The molecule has 6 heteroatoms. The highest BCUT2D eigenvalue weighted by atomic mass is 32.2. The molecule has 90 valence electrons. The number of nitrogens with one attached hydrogen (secondary N) is 1. The molecule has 0 spiro atoms. The molecule has 3 rings (SSSR count). The van der Waals surface area contributed by atoms with Crippen molar-refractivity contribution < 1.29 is 4.52 Å². The molecule has 1 aromatic carbocycles. The molecule has 5 nitrogen and oxygen atoms in total. The number of amidine groups is 1. The molecule has 1 aliphatic rings. The molecule has 0 fully saturated rings. The van der Waals surface area contributed by atoms with Gasteiger partial charge in [-0.15, -0.1) is 0 Å². The number of hydrogen-bond acceptors (Lipinski definition) is 6. The van der Waals surface area contributed by atoms with Crippen molar-refractivity contribution in [1.82, 2.24) is 9.88 Å². The second kappa shape index (κ2) is 4.67. The summed E-state index contributed by atoms with van der Waals surface area (Å²) in [5, 5.41) is 4.54. The summed E-state index contributed by atoms with van der Waals surface area (Å²) in [6, 6.07) is 3.79. The van der Waals surface area contributed by atoms with E-state index < -0.39 is 0 Å². The molecule has 1 aromatic heterocycles. The van der Waals surface area contributed by atoms with Gasteiger partial charge in [0.1, 0.15) is 5.84 Å². The van der Waals surface area contributed by atoms with Crippen LogP contribution in [0.5, 0.6) is 0 Å². The molecule has 2 aromatic rings. The number of benzene rings is 1. The monoisotopic (exact) mass is 250 g/mol. The molecule has 0 bridgehead atoms. The number of anilines is 1. The SMILES string of the molecule is CC.CC1=Nc2cc3onc(N)c3cc2SN1. The van der Waals surface area contributed by atoms with Crippen LogP contribution in [0.25, 0.3) is 11.0 Å². The first kappa shape index (κ1) is 11.8. The molecule has 17 heavy (non-hydrogen) atoms. The number of nitrogen functional groups attached to an aromatic ring is 1. The molecule has 2 heterocycles. The van der Waals surface area contributed by atoms with E-state index in [4.69, 9.17) is 10.3 Å². The molecule has 0 radical (unpaired) electrons. The lowest BCUT2D eigenvalue weighted by atomic mass is 10.2. The Morgan fingerprint density at radius 3 is 2.88 bits per heavy atom. The maximum absolute atomic E-state index is 5.67. The van der Waals surface area contributed by atoms with E-state index in [9.17, 15) is 0 Å². The van der Waals surface area contributed by atoms with Gasteiger partial charge in [0.15, 0.2) is 11.4 Å². The summed E-state index contributed by atoms with van der Waals surface area (Å²) in [7, 11) is 0. The summed E-state index contributed by atoms with van der Waals surface area (Å²) in [4.78, 5) is 5.39. The van der Waals surface area contributed by atoms with Gasteiger partial charge >= 0.3 is 0 Å². The maximum atomic E-state index is 5.67. The first-order valence-electron chi connectivity index (χ1n) is 5.41. The van der Waals surface area contributed by atoms with Crippen LogP contribution in [0, 0.1) is 0 Å². The first-order chi connectivity index (χ1) is 8.24. The molecular weight excluding hydrogens is 236 g/mol. The van der Waals surface area contributed by atoms with E-state index >= 15 is 0 Å². The van der Waals surface area contributed by atoms with Gasteiger partial charge in [-0.1, -0.05) is 19.0 Å². The van der Waals surface area contributed by atoms with Crippen LogP contribution >= 0.6 is 11.9 Å². The summed E-state index contributed by atoms with van der Waals surface area (Å²) in [6.45, 7) is 5.91. The Morgan fingerprint density at radius 1 is 1.35 bits per heavy atom. The van der Waals surface area contributed by atoms with Crippen molar-refractivity contribution in [2.24, 2.45) is 4.99 Å². The van der Waals surface area contributed by atoms with Crippen molar-refractivity contribution in [3.05, 3.63) is 12.1 Å². The Bertz CT molecular complexity index is 576. The van der Waals surface area contributed by atoms with E-state index in [1.807, 2.05) is 32.9 Å². The Labute approximate surface area is 104 Å². The standard InChI is InChI=1S/C9H8N4OS.C2H6/c1-4-11-6-3-7-5(9(10)12-14-7)2-8(6)15-13-4;1-2/h2-3H,1H3,(H2,10,12)(H,11,13);1-2H3. The normalized spacial score (nSPS) is 13.2. The van der Waals surface area contributed by atoms with Crippen molar-refractivity contribution in [3.63, 3.8) is 0 Å². The second-order valence-corrected chi connectivity index (χ2v) is 4.13. The highest BCUT2D eigenvalue weighted by Gasteiger charge is 2.14. The topological polar surface area (TPSA) is 76.4 Å². The lowest BCUT2D eigenvalue weighted by Gasteiger charge is -2.13. The third-order valence-corrected chi connectivity index (χ3v) is 3.12. The lowest BCUT2D eigenvalue weighted by Crippen LogP contribution is -2.13. The molecular formula is C11H14N4OS. The fourth-order valence-corrected chi connectivity index (χ4v) is 2.16. The number of aliphatic imine (C=N–C) groups is 1. The van der Waals surface area contributed by atoms with Gasteiger partial charge in [-0.05, 0) is 24.9 Å². The zero-order chi connectivity index (χ0) is 12.4. The molecule has 3 N–H and O–H groups in total. The van der Waals surface area contributed by atoms with Crippen LogP contribution in [0.2, 0.25) is 0 Å². The highest BCUT2D eigenvalue weighted by Crippen LogP contribution is 2.36. The predicted octanol–water partition coefficient (Wildman–Crippen LogP) is 3.10. The van der Waals surface area contributed by atoms with Crippen LogP contribution in [0.15, 0.2) is 26.5 Å². The number of fused-ring (bicyclic) bond motifs is 2. The second-order valence-electron chi connectivity index (χ2n) is 3.29. The quantitative estimate of drug-likeness (QED) is 0.702. The maximum Gasteiger partial charge on any atom is 0.174 e. The fourth-order valence-electron chi connectivity index (χ4n) is 1.47. The molecule has 0 unspecified atom stereocenters. The van der Waals surface area contributed by atoms with E-state index in [1.54, 1.807) is 0 Å². The lowest BCUT2D eigenvalue weighted by molar-refractivity contribution is 0.460. The summed E-state index contributed by atoms with van der Waals surface area (Å²) >= 11 is 1.52. The Morgan fingerprint density at radius 2 is 2.12 bits per heavy atom. The van der Waals surface area contributed by atoms with Crippen molar-refractivity contribution in [3.8, 4) is 0 Å². The number of rotatable bonds is 0. The number of nitrogens with zero attached hydrogens (tertiary/aromatic N) is 2. The van der Waals surface area contributed by atoms with E-state index in [0.717, 1.165) is 21.8 Å². The average molecular weight is 250 g/mol. The first-order valence-corrected chi connectivity index (χ1v) is 6.23. The van der Waals surface area contributed by atoms with Crippen LogP contribution in [-0.2, 0) is 0 Å². The minimum absolute atomic E-state index is 0.416. The number of aromatic nitrogens is 1. The molecule has 0 saturated heterocycles. The van der Waals surface area contributed by atoms with Gasteiger partial charge in [-0.25, -0.2) is 4.99 Å². The summed E-state index contributed by atoms with van der Waals surface area (Å²) in [5.74, 6) is 1.29. The van der Waals surface area contributed by atoms with E-state index in [-0.39, 0.29) is 0 Å². The van der Waals surface area contributed by atoms with Crippen molar-refractivity contribution in [2.45, 2.75) is 25.7 Å². The van der Waals surface area contributed by atoms with Gasteiger partial charge in [0, 0.05) is 6.07 Å². The Kier molecular flexibility index (Phi) is 3.23. The average Bonchev–Trinajstić information content (AvgIpc) is 2.71. The summed E-state index contributed by atoms with van der Waals surface area (Å²) in [5.41, 5.74) is 7.23. The zero-order valence-electron chi connectivity index (χ0n) is 9.94. The third-order valence-electron chi connectivity index (χ3n) is 2.18. The molecule has 1 aliphatic heterocycles. The molecule has 0 aliphatic carbocycles. The van der Waals surface area contributed by atoms with Crippen LogP contribution in [0.4, 0.5) is 11.5 Å². The minimum Gasteiger partial charge on any atom is -0.380 e. The van der Waals surface area contributed by atoms with Gasteiger partial charge in [-0.2, -0.15) is 0 Å². The third kappa shape index (κ3) is 2.08. The van der Waals surface area contributed by atoms with Gasteiger partial charge in [0.2, 0.25) is 0 Å². The van der Waals surface area contributed by atoms with Crippen molar-refractivity contribution in [2.75, 3.05) is 5.73 Å². The van der Waals surface area contributed by atoms with Crippen LogP contribution in [-0.4, -0.2) is 11.0 Å². The summed E-state index contributed by atoms with van der Waals surface area (Å²) in [6.07, 6.45) is 0. The number of nitrogens with two attached hydrogens (primary N) is 1. The van der Waals surface area contributed by atoms with Crippen LogP contribution in [0.1, 0.15) is 20.8 Å². The van der Waals surface area contributed by atoms with Gasteiger partial charge in [0.25, 0.3) is 0 Å². The largest absolute Gasteiger partial charge is 0.380 e. The van der Waals surface area contributed by atoms with Crippen molar-refractivity contribution >= 4 is 40.3 Å². The van der Waals surface area contributed by atoms with E-state index in [2.05, 4.69) is 14.9 Å². The van der Waals surface area contributed by atoms with Crippen molar-refractivity contribution in [1.29, 1.82) is 0 Å². The highest BCUT2D eigenvalue weighted by molar-refractivity contribution is 7.98. The number of hydrogen-bond donors (Lipinski definition) is 2. The molecule has 0 saturated carbocycles. The zero-order valence-corrected chi connectivity index (χ0v) is 10.8. The Hall–Kier alpha value is -1.69. The Balaban J connectivity index is 0.000000514. The van der Waals surface area contributed by atoms with Crippen LogP contribution < -0.4 is 10.5 Å². The fraction of sp³-hybridized carbons (Fsp3) is 0.273. The smallest absolute Gasteiger partial charge is 0.174 e. The minimum atomic E-state index is 0.416. The van der Waals surface area contributed by atoms with E-state index in [0.29, 0.717) is 11.4 Å². The van der Waals surface area contributed by atoms with Gasteiger partial charge < -0.3 is 15.0 Å². The summed E-state index contributed by atoms with van der Waals surface area (Å²) < 4.78 is 8.17. The molecule has 0 atom stereocenters. The molecule has 0 amide bonds.